The highest BCUT2D eigenvalue weighted by Gasteiger charge is 2.19. The molecule has 0 saturated carbocycles. The van der Waals surface area contributed by atoms with Crippen LogP contribution in [0.5, 0.6) is 0 Å². The third-order valence-electron chi connectivity index (χ3n) is 3.96. The summed E-state index contributed by atoms with van der Waals surface area (Å²) < 4.78 is 10.6. The number of hydrogen-bond donors (Lipinski definition) is 1. The molecule has 2 aromatic carbocycles. The summed E-state index contributed by atoms with van der Waals surface area (Å²) >= 11 is 5.70. The van der Waals surface area contributed by atoms with Gasteiger partial charge in [-0.25, -0.2) is 4.79 Å². The van der Waals surface area contributed by atoms with E-state index in [1.165, 1.54) is 12.1 Å². The second kappa shape index (κ2) is 8.10. The van der Waals surface area contributed by atoms with Crippen molar-refractivity contribution in [1.82, 2.24) is 5.32 Å². The zero-order valence-electron chi connectivity index (χ0n) is 14.7. The number of nitro benzene ring substituents is 1. The van der Waals surface area contributed by atoms with E-state index in [1.807, 2.05) is 30.3 Å². The first-order valence-corrected chi connectivity index (χ1v) is 8.62. The number of ether oxygens (including phenoxy) is 1. The quantitative estimate of drug-likeness (QED) is 0.378. The minimum Gasteiger partial charge on any atom is -0.459 e. The van der Waals surface area contributed by atoms with Crippen molar-refractivity contribution in [1.29, 1.82) is 0 Å². The van der Waals surface area contributed by atoms with E-state index in [-0.39, 0.29) is 10.6 Å². The number of para-hydroxylation sites is 1. The first-order valence-electron chi connectivity index (χ1n) is 8.24. The minimum atomic E-state index is -0.869. The maximum absolute atomic E-state index is 12.0. The predicted octanol–water partition coefficient (Wildman–Crippen LogP) is 4.03. The monoisotopic (exact) mass is 402 g/mol. The SMILES string of the molecule is C[C@H](NC(=O)COC(=O)c1ccc(Cl)c([N+](=O)[O-])c1)c1cc2ccccc2o1. The maximum Gasteiger partial charge on any atom is 0.338 e. The number of nitro groups is 1. The zero-order valence-corrected chi connectivity index (χ0v) is 15.4. The lowest BCUT2D eigenvalue weighted by molar-refractivity contribution is -0.384. The van der Waals surface area contributed by atoms with Crippen LogP contribution in [-0.2, 0) is 9.53 Å². The summed E-state index contributed by atoms with van der Waals surface area (Å²) in [6.45, 7) is 1.19. The van der Waals surface area contributed by atoms with E-state index in [2.05, 4.69) is 5.32 Å². The molecule has 1 N–H and O–H groups in total. The Labute approximate surface area is 164 Å². The molecule has 8 nitrogen and oxygen atoms in total. The number of halogens is 1. The first-order chi connectivity index (χ1) is 13.3. The van der Waals surface area contributed by atoms with Gasteiger partial charge in [0, 0.05) is 11.5 Å². The van der Waals surface area contributed by atoms with Crippen molar-refractivity contribution >= 4 is 40.1 Å². The van der Waals surface area contributed by atoms with Crippen LogP contribution >= 0.6 is 11.6 Å². The fourth-order valence-corrected chi connectivity index (χ4v) is 2.75. The number of rotatable bonds is 6. The summed E-state index contributed by atoms with van der Waals surface area (Å²) in [5.41, 5.74) is 0.211. The van der Waals surface area contributed by atoms with Crippen LogP contribution in [0.1, 0.15) is 29.1 Å². The van der Waals surface area contributed by atoms with E-state index in [9.17, 15) is 19.7 Å². The average molecular weight is 403 g/mol. The van der Waals surface area contributed by atoms with Gasteiger partial charge in [-0.05, 0) is 31.2 Å². The molecule has 1 amide bonds. The van der Waals surface area contributed by atoms with E-state index >= 15 is 0 Å². The van der Waals surface area contributed by atoms with Crippen LogP contribution in [0.2, 0.25) is 5.02 Å². The highest BCUT2D eigenvalue weighted by molar-refractivity contribution is 6.32. The summed E-state index contributed by atoms with van der Waals surface area (Å²) in [5.74, 6) is -0.842. The predicted molar refractivity (Wildman–Crippen MR) is 101 cm³/mol. The molecule has 28 heavy (non-hydrogen) atoms. The van der Waals surface area contributed by atoms with Gasteiger partial charge in [-0.2, -0.15) is 0 Å². The fraction of sp³-hybridized carbons (Fsp3) is 0.158. The maximum atomic E-state index is 12.0. The smallest absolute Gasteiger partial charge is 0.338 e. The standard InChI is InChI=1S/C19H15ClN2O6/c1-11(17-9-12-4-2-3-5-16(12)28-17)21-18(23)10-27-19(24)13-6-7-14(20)15(8-13)22(25)26/h2-9,11H,10H2,1H3,(H,21,23)/t11-/m0/s1. The second-order valence-corrected chi connectivity index (χ2v) is 6.38. The van der Waals surface area contributed by atoms with Crippen molar-refractivity contribution in [2.75, 3.05) is 6.61 Å². The zero-order chi connectivity index (χ0) is 20.3. The van der Waals surface area contributed by atoms with Crippen LogP contribution in [0.4, 0.5) is 5.69 Å². The van der Waals surface area contributed by atoms with Crippen molar-refractivity contribution < 1.29 is 23.7 Å². The average Bonchev–Trinajstić information content (AvgIpc) is 3.10. The lowest BCUT2D eigenvalue weighted by atomic mass is 10.2. The van der Waals surface area contributed by atoms with Gasteiger partial charge in [0.25, 0.3) is 11.6 Å². The fourth-order valence-electron chi connectivity index (χ4n) is 2.56. The Bertz CT molecular complexity index is 1030. The van der Waals surface area contributed by atoms with Gasteiger partial charge in [0.1, 0.15) is 16.4 Å². The van der Waals surface area contributed by atoms with Gasteiger partial charge in [-0.15, -0.1) is 0 Å². The Hall–Kier alpha value is -3.39. The molecule has 0 bridgehead atoms. The number of fused-ring (bicyclic) bond motifs is 1. The van der Waals surface area contributed by atoms with Crippen molar-refractivity contribution in [2.45, 2.75) is 13.0 Å². The van der Waals surface area contributed by atoms with Crippen molar-refractivity contribution in [3.8, 4) is 0 Å². The Kier molecular flexibility index (Phi) is 5.60. The number of nitrogens with zero attached hydrogens (tertiary/aromatic N) is 1. The molecule has 0 aliphatic heterocycles. The number of hydrogen-bond acceptors (Lipinski definition) is 6. The minimum absolute atomic E-state index is 0.0748. The third-order valence-corrected chi connectivity index (χ3v) is 4.28. The molecule has 0 radical (unpaired) electrons. The Balaban J connectivity index is 1.58. The molecular weight excluding hydrogens is 388 g/mol. The molecule has 3 rings (SSSR count). The van der Waals surface area contributed by atoms with Crippen LogP contribution in [0, 0.1) is 10.1 Å². The van der Waals surface area contributed by atoms with Gasteiger partial charge < -0.3 is 14.5 Å². The number of carbonyl (C=O) groups excluding carboxylic acids is 2. The van der Waals surface area contributed by atoms with Gasteiger partial charge in [0.15, 0.2) is 6.61 Å². The molecule has 1 heterocycles. The van der Waals surface area contributed by atoms with Gasteiger partial charge in [0.2, 0.25) is 0 Å². The van der Waals surface area contributed by atoms with Crippen LogP contribution in [0.15, 0.2) is 52.9 Å². The van der Waals surface area contributed by atoms with Crippen LogP contribution in [0.3, 0.4) is 0 Å². The molecule has 1 aromatic heterocycles. The Morgan fingerprint density at radius 2 is 2.00 bits per heavy atom. The number of esters is 1. The highest BCUT2D eigenvalue weighted by Crippen LogP contribution is 2.25. The number of carbonyl (C=O) groups is 2. The van der Waals surface area contributed by atoms with E-state index in [4.69, 9.17) is 20.8 Å². The molecule has 9 heteroatoms. The largest absolute Gasteiger partial charge is 0.459 e. The molecule has 144 valence electrons. The molecule has 0 aliphatic rings. The molecule has 0 fully saturated rings. The normalized spacial score (nSPS) is 11.8. The first kappa shape index (κ1) is 19.4. The summed E-state index contributed by atoms with van der Waals surface area (Å²) in [5, 5.41) is 14.4. The van der Waals surface area contributed by atoms with Crippen molar-refractivity contribution in [3.63, 3.8) is 0 Å². The van der Waals surface area contributed by atoms with E-state index in [1.54, 1.807) is 6.92 Å². The summed E-state index contributed by atoms with van der Waals surface area (Å²) in [7, 11) is 0. The molecule has 3 aromatic rings. The van der Waals surface area contributed by atoms with Gasteiger partial charge in [-0.3, -0.25) is 14.9 Å². The third kappa shape index (κ3) is 4.29. The summed E-state index contributed by atoms with van der Waals surface area (Å²) in [6, 6.07) is 12.3. The van der Waals surface area contributed by atoms with Gasteiger partial charge in [0.05, 0.1) is 16.5 Å². The number of amides is 1. The Morgan fingerprint density at radius 3 is 2.71 bits per heavy atom. The molecule has 0 unspecified atom stereocenters. The molecule has 0 saturated heterocycles. The van der Waals surface area contributed by atoms with Crippen LogP contribution in [-0.4, -0.2) is 23.4 Å². The molecule has 0 spiro atoms. The van der Waals surface area contributed by atoms with Gasteiger partial charge >= 0.3 is 5.97 Å². The van der Waals surface area contributed by atoms with E-state index < -0.39 is 35.1 Å². The lowest BCUT2D eigenvalue weighted by Crippen LogP contribution is -2.31. The van der Waals surface area contributed by atoms with Crippen LogP contribution < -0.4 is 5.32 Å². The van der Waals surface area contributed by atoms with Gasteiger partial charge in [-0.1, -0.05) is 29.8 Å². The van der Waals surface area contributed by atoms with E-state index in [0.29, 0.717) is 11.3 Å². The van der Waals surface area contributed by atoms with Crippen molar-refractivity contribution in [3.05, 3.63) is 75.0 Å². The van der Waals surface area contributed by atoms with Crippen molar-refractivity contribution in [2.24, 2.45) is 0 Å². The second-order valence-electron chi connectivity index (χ2n) is 5.98. The number of benzene rings is 2. The molecule has 0 aliphatic carbocycles. The number of nitrogens with one attached hydrogen (secondary N) is 1. The Morgan fingerprint density at radius 1 is 1.25 bits per heavy atom. The molecule has 1 atom stereocenters. The summed E-state index contributed by atoms with van der Waals surface area (Å²) in [6.07, 6.45) is 0. The summed E-state index contributed by atoms with van der Waals surface area (Å²) in [4.78, 5) is 34.2. The van der Waals surface area contributed by atoms with Crippen LogP contribution in [0.25, 0.3) is 11.0 Å². The number of furan rings is 1. The van der Waals surface area contributed by atoms with E-state index in [0.717, 1.165) is 11.5 Å². The lowest BCUT2D eigenvalue weighted by Gasteiger charge is -2.11. The topological polar surface area (TPSA) is 112 Å². The highest BCUT2D eigenvalue weighted by atomic mass is 35.5. The molecular formula is C19H15ClN2O6.